The Morgan fingerprint density at radius 1 is 1.67 bits per heavy atom. The van der Waals surface area contributed by atoms with E-state index in [-0.39, 0.29) is 13.5 Å². The largest absolute Gasteiger partial charge is 0.469 e. The number of pyridine rings is 1. The van der Waals surface area contributed by atoms with Crippen LogP contribution in [0.15, 0.2) is 18.3 Å². The minimum atomic E-state index is -3.62. The highest BCUT2D eigenvalue weighted by Gasteiger charge is 2.23. The predicted molar refractivity (Wildman–Crippen MR) is 56.9 cm³/mol. The van der Waals surface area contributed by atoms with Gasteiger partial charge in [0.25, 0.3) is 0 Å². The summed E-state index contributed by atoms with van der Waals surface area (Å²) >= 11 is 4.33. The monoisotopic (exact) mass is 248 g/mol. The molecule has 1 aliphatic heterocycles. The van der Waals surface area contributed by atoms with Gasteiger partial charge in [0.15, 0.2) is 18.3 Å². The van der Waals surface area contributed by atoms with Gasteiger partial charge in [0.05, 0.1) is 0 Å². The Morgan fingerprint density at radius 2 is 2.47 bits per heavy atom. The van der Waals surface area contributed by atoms with E-state index >= 15 is 0 Å². The van der Waals surface area contributed by atoms with Crippen LogP contribution in [0.25, 0.3) is 0 Å². The van der Waals surface area contributed by atoms with Crippen molar-refractivity contribution in [3.63, 3.8) is 0 Å². The zero-order chi connectivity index (χ0) is 10.9. The molecule has 15 heavy (non-hydrogen) atoms. The van der Waals surface area contributed by atoms with Crippen molar-refractivity contribution in [2.24, 2.45) is 0 Å². The second-order valence-electron chi connectivity index (χ2n) is 2.89. The molecular weight excluding hydrogens is 239 g/mol. The fraction of sp³-hybridized carbons (Fsp3) is 0.286. The molecule has 1 aromatic rings. The number of aromatic nitrogens is 1. The first kappa shape index (κ1) is 10.8. The van der Waals surface area contributed by atoms with Crippen LogP contribution in [0.3, 0.4) is 0 Å². The van der Waals surface area contributed by atoms with Crippen LogP contribution in [-0.2, 0) is 16.3 Å². The van der Waals surface area contributed by atoms with Gasteiger partial charge in [-0.05, 0) is 23.9 Å². The molecule has 2 heterocycles. The van der Waals surface area contributed by atoms with Crippen molar-refractivity contribution in [2.45, 2.75) is 0 Å². The molecule has 0 unspecified atom stereocenters. The van der Waals surface area contributed by atoms with Crippen LogP contribution in [0.2, 0.25) is 0 Å². The van der Waals surface area contributed by atoms with Gasteiger partial charge < -0.3 is 14.5 Å². The SMILES string of the molecule is OP(O)(=S)OCN1COc2cccnc21. The molecule has 0 bridgehead atoms. The van der Waals surface area contributed by atoms with Gasteiger partial charge in [0, 0.05) is 6.20 Å². The molecule has 0 radical (unpaired) electrons. The van der Waals surface area contributed by atoms with Gasteiger partial charge in [-0.25, -0.2) is 4.98 Å². The second-order valence-corrected chi connectivity index (χ2v) is 5.55. The standard InChI is InChI=1S/C7H9N2O4PS/c10-14(11,15)13-5-9-4-12-6-2-1-3-8-7(6)9/h1-3H,4-5H2,(H2,10,11,15). The third-order valence-electron chi connectivity index (χ3n) is 1.81. The smallest absolute Gasteiger partial charge is 0.323 e. The van der Waals surface area contributed by atoms with Crippen molar-refractivity contribution in [1.82, 2.24) is 4.98 Å². The number of hydrogen-bond acceptors (Lipinski definition) is 5. The minimum Gasteiger partial charge on any atom is -0.469 e. The molecule has 2 N–H and O–H groups in total. The van der Waals surface area contributed by atoms with Crippen LogP contribution < -0.4 is 9.64 Å². The molecule has 0 saturated carbocycles. The van der Waals surface area contributed by atoms with Gasteiger partial charge >= 0.3 is 6.72 Å². The molecule has 6 nitrogen and oxygen atoms in total. The van der Waals surface area contributed by atoms with Crippen LogP contribution in [-0.4, -0.2) is 28.2 Å². The Balaban J connectivity index is 2.05. The highest BCUT2D eigenvalue weighted by molar-refractivity contribution is 8.06. The Labute approximate surface area is 91.3 Å². The van der Waals surface area contributed by atoms with Crippen LogP contribution in [0.1, 0.15) is 0 Å². The van der Waals surface area contributed by atoms with Crippen LogP contribution in [0, 0.1) is 0 Å². The third kappa shape index (κ3) is 2.64. The summed E-state index contributed by atoms with van der Waals surface area (Å²) in [5, 5.41) is 0. The van der Waals surface area contributed by atoms with E-state index in [0.29, 0.717) is 11.6 Å². The van der Waals surface area contributed by atoms with Crippen molar-refractivity contribution in [3.05, 3.63) is 18.3 Å². The van der Waals surface area contributed by atoms with Gasteiger partial charge in [-0.3, -0.25) is 9.42 Å². The molecular formula is C7H9N2O4PS. The molecule has 2 rings (SSSR count). The summed E-state index contributed by atoms with van der Waals surface area (Å²) in [4.78, 5) is 23.5. The molecule has 0 fully saturated rings. The Hall–Kier alpha value is -0.720. The number of fused-ring (bicyclic) bond motifs is 1. The molecule has 8 heteroatoms. The molecule has 1 aromatic heterocycles. The van der Waals surface area contributed by atoms with Crippen molar-refractivity contribution in [3.8, 4) is 5.75 Å². The number of ether oxygens (including phenoxy) is 1. The normalized spacial score (nSPS) is 14.9. The Kier molecular flexibility index (Phi) is 2.90. The highest BCUT2D eigenvalue weighted by atomic mass is 32.5. The molecule has 82 valence electrons. The summed E-state index contributed by atoms with van der Waals surface area (Å²) < 4.78 is 9.99. The maximum atomic E-state index is 8.90. The van der Waals surface area contributed by atoms with E-state index in [0.717, 1.165) is 0 Å². The van der Waals surface area contributed by atoms with E-state index in [1.165, 1.54) is 0 Å². The number of hydrogen-bond donors (Lipinski definition) is 2. The summed E-state index contributed by atoms with van der Waals surface area (Å²) in [5.41, 5.74) is 0. The number of rotatable bonds is 3. The fourth-order valence-electron chi connectivity index (χ4n) is 1.18. The van der Waals surface area contributed by atoms with Gasteiger partial charge in [-0.2, -0.15) is 0 Å². The Bertz CT molecular complexity index is 410. The maximum Gasteiger partial charge on any atom is 0.323 e. The molecule has 0 spiro atoms. The number of anilines is 1. The zero-order valence-electron chi connectivity index (χ0n) is 7.61. The first-order chi connectivity index (χ1) is 7.06. The van der Waals surface area contributed by atoms with E-state index in [4.69, 9.17) is 19.0 Å². The average Bonchev–Trinajstić information content (AvgIpc) is 2.57. The first-order valence-corrected chi connectivity index (χ1v) is 6.72. The average molecular weight is 248 g/mol. The van der Waals surface area contributed by atoms with E-state index in [1.807, 2.05) is 0 Å². The first-order valence-electron chi connectivity index (χ1n) is 4.09. The molecule has 0 atom stereocenters. The quantitative estimate of drug-likeness (QED) is 0.751. The van der Waals surface area contributed by atoms with Crippen LogP contribution in [0.5, 0.6) is 5.75 Å². The highest BCUT2D eigenvalue weighted by Crippen LogP contribution is 2.38. The molecule has 0 aliphatic carbocycles. The van der Waals surface area contributed by atoms with E-state index in [1.54, 1.807) is 23.2 Å². The summed E-state index contributed by atoms with van der Waals surface area (Å²) in [6.45, 7) is -3.40. The lowest BCUT2D eigenvalue weighted by atomic mass is 10.4. The van der Waals surface area contributed by atoms with Crippen LogP contribution in [0.4, 0.5) is 5.82 Å². The summed E-state index contributed by atoms with van der Waals surface area (Å²) in [6.07, 6.45) is 1.62. The summed E-state index contributed by atoms with van der Waals surface area (Å²) in [5.74, 6) is 1.26. The van der Waals surface area contributed by atoms with Crippen molar-refractivity contribution < 1.29 is 19.0 Å². The van der Waals surface area contributed by atoms with E-state index < -0.39 is 6.72 Å². The van der Waals surface area contributed by atoms with Crippen LogP contribution >= 0.6 is 6.72 Å². The zero-order valence-corrected chi connectivity index (χ0v) is 9.32. The van der Waals surface area contributed by atoms with Gasteiger partial charge in [-0.15, -0.1) is 0 Å². The lowest BCUT2D eigenvalue weighted by Gasteiger charge is -2.16. The van der Waals surface area contributed by atoms with Crippen molar-refractivity contribution in [1.29, 1.82) is 0 Å². The van der Waals surface area contributed by atoms with Gasteiger partial charge in [-0.1, -0.05) is 0 Å². The van der Waals surface area contributed by atoms with E-state index in [2.05, 4.69) is 16.8 Å². The van der Waals surface area contributed by atoms with Gasteiger partial charge in [0.1, 0.15) is 6.73 Å². The Morgan fingerprint density at radius 3 is 3.20 bits per heavy atom. The topological polar surface area (TPSA) is 75.0 Å². The molecule has 0 aromatic carbocycles. The van der Waals surface area contributed by atoms with Crippen molar-refractivity contribution in [2.75, 3.05) is 18.4 Å². The fourth-order valence-corrected chi connectivity index (χ4v) is 1.62. The lowest BCUT2D eigenvalue weighted by molar-refractivity contribution is 0.233. The number of nitrogens with zero attached hydrogens (tertiary/aromatic N) is 2. The predicted octanol–water partition coefficient (Wildman–Crippen LogP) is 0.421. The molecule has 0 saturated heterocycles. The molecule has 0 amide bonds. The maximum absolute atomic E-state index is 8.90. The van der Waals surface area contributed by atoms with E-state index in [9.17, 15) is 0 Å². The summed E-state index contributed by atoms with van der Waals surface area (Å²) in [6, 6.07) is 3.53. The minimum absolute atomic E-state index is 0.0473. The van der Waals surface area contributed by atoms with Crippen molar-refractivity contribution >= 4 is 24.3 Å². The lowest BCUT2D eigenvalue weighted by Crippen LogP contribution is -2.25. The second kappa shape index (κ2) is 4.03. The summed E-state index contributed by atoms with van der Waals surface area (Å²) in [7, 11) is 0. The van der Waals surface area contributed by atoms with Gasteiger partial charge in [0.2, 0.25) is 0 Å². The third-order valence-corrected chi connectivity index (χ3v) is 2.58. The molecule has 1 aliphatic rings.